The van der Waals surface area contributed by atoms with Crippen LogP contribution in [0.5, 0.6) is 11.5 Å². The molecule has 2 rings (SSSR count). The number of carbonyl (C=O) groups is 1. The van der Waals surface area contributed by atoms with E-state index < -0.39 is 0 Å². The van der Waals surface area contributed by atoms with Crippen LogP contribution in [0.3, 0.4) is 0 Å². The van der Waals surface area contributed by atoms with Gasteiger partial charge in [-0.1, -0.05) is 12.1 Å². The highest BCUT2D eigenvalue weighted by atomic mass is 16.5. The van der Waals surface area contributed by atoms with Crippen molar-refractivity contribution in [3.8, 4) is 11.5 Å². The Bertz CT molecular complexity index is 597. The number of carbonyl (C=O) groups excluding carboxylic acids is 1. The van der Waals surface area contributed by atoms with Crippen LogP contribution in [0.2, 0.25) is 0 Å². The van der Waals surface area contributed by atoms with Crippen LogP contribution in [0.4, 0.5) is 0 Å². The summed E-state index contributed by atoms with van der Waals surface area (Å²) in [6, 6.07) is 8.58. The second-order valence-electron chi connectivity index (χ2n) is 4.31. The number of hydrogen-bond donors (Lipinski definition) is 1. The van der Waals surface area contributed by atoms with Gasteiger partial charge < -0.3 is 14.3 Å². The summed E-state index contributed by atoms with van der Waals surface area (Å²) in [5, 5.41) is 9.48. The molecule has 0 unspecified atom stereocenters. The van der Waals surface area contributed by atoms with Crippen molar-refractivity contribution in [2.75, 3.05) is 7.11 Å². The normalized spacial score (nSPS) is 10.8. The maximum absolute atomic E-state index is 11.7. The van der Waals surface area contributed by atoms with E-state index in [0.717, 1.165) is 11.3 Å². The van der Waals surface area contributed by atoms with Crippen LogP contribution in [-0.4, -0.2) is 18.0 Å². The average molecular weight is 272 g/mol. The van der Waals surface area contributed by atoms with Crippen LogP contribution in [0.15, 0.2) is 47.1 Å². The lowest BCUT2D eigenvalue weighted by Gasteiger charge is -2.03. The first-order valence-corrected chi connectivity index (χ1v) is 6.29. The minimum Gasteiger partial charge on any atom is -0.504 e. The maximum atomic E-state index is 11.7. The lowest BCUT2D eigenvalue weighted by molar-refractivity contribution is -0.114. The standard InChI is InChI=1S/C16H16O4/c1-19-16-11-12(5-9-15(16)18)4-6-13(17)7-8-14-3-2-10-20-14/h2-6,9-11,18H,7-8H2,1H3. The molecule has 1 aromatic heterocycles. The van der Waals surface area contributed by atoms with Gasteiger partial charge in [0.2, 0.25) is 0 Å². The first-order valence-electron chi connectivity index (χ1n) is 6.29. The molecule has 0 amide bonds. The summed E-state index contributed by atoms with van der Waals surface area (Å²) in [6.45, 7) is 0. The van der Waals surface area contributed by atoms with Gasteiger partial charge in [0.1, 0.15) is 5.76 Å². The van der Waals surface area contributed by atoms with Crippen LogP contribution < -0.4 is 4.74 Å². The van der Waals surface area contributed by atoms with Crippen molar-refractivity contribution in [1.29, 1.82) is 0 Å². The Hall–Kier alpha value is -2.49. The molecule has 0 saturated carbocycles. The highest BCUT2D eigenvalue weighted by molar-refractivity contribution is 5.93. The van der Waals surface area contributed by atoms with E-state index in [1.807, 2.05) is 6.07 Å². The molecular formula is C16H16O4. The molecule has 1 heterocycles. The van der Waals surface area contributed by atoms with E-state index in [1.54, 1.807) is 30.5 Å². The third kappa shape index (κ3) is 3.75. The zero-order valence-electron chi connectivity index (χ0n) is 11.2. The predicted octanol–water partition coefficient (Wildman–Crippen LogP) is 3.21. The van der Waals surface area contributed by atoms with Gasteiger partial charge in [0, 0.05) is 12.8 Å². The Morgan fingerprint density at radius 3 is 2.95 bits per heavy atom. The molecule has 104 valence electrons. The van der Waals surface area contributed by atoms with Gasteiger partial charge in [-0.2, -0.15) is 0 Å². The number of methoxy groups -OCH3 is 1. The smallest absolute Gasteiger partial charge is 0.161 e. The number of phenols is 1. The first kappa shape index (κ1) is 13.9. The molecule has 1 aromatic carbocycles. The molecule has 4 nitrogen and oxygen atoms in total. The van der Waals surface area contributed by atoms with Gasteiger partial charge in [-0.3, -0.25) is 4.79 Å². The van der Waals surface area contributed by atoms with Crippen LogP contribution in [-0.2, 0) is 11.2 Å². The number of aryl methyl sites for hydroxylation is 1. The number of hydrogen-bond acceptors (Lipinski definition) is 4. The molecule has 0 aliphatic rings. The fourth-order valence-electron chi connectivity index (χ4n) is 1.77. The van der Waals surface area contributed by atoms with E-state index in [2.05, 4.69) is 0 Å². The van der Waals surface area contributed by atoms with Crippen molar-refractivity contribution in [2.45, 2.75) is 12.8 Å². The molecule has 0 aliphatic carbocycles. The van der Waals surface area contributed by atoms with E-state index in [0.29, 0.717) is 18.6 Å². The molecule has 4 heteroatoms. The molecule has 0 spiro atoms. The second kappa shape index (κ2) is 6.61. The molecular weight excluding hydrogens is 256 g/mol. The van der Waals surface area contributed by atoms with Crippen molar-refractivity contribution < 1.29 is 19.1 Å². The zero-order chi connectivity index (χ0) is 14.4. The van der Waals surface area contributed by atoms with Crippen LogP contribution in [0.1, 0.15) is 17.7 Å². The highest BCUT2D eigenvalue weighted by Gasteiger charge is 2.03. The average Bonchev–Trinajstić information content (AvgIpc) is 2.97. The summed E-state index contributed by atoms with van der Waals surface area (Å²) < 4.78 is 10.2. The van der Waals surface area contributed by atoms with Gasteiger partial charge in [0.15, 0.2) is 17.3 Å². The molecule has 20 heavy (non-hydrogen) atoms. The minimum absolute atomic E-state index is 0.0217. The predicted molar refractivity (Wildman–Crippen MR) is 75.7 cm³/mol. The summed E-state index contributed by atoms with van der Waals surface area (Å²) in [7, 11) is 1.48. The number of phenolic OH excluding ortho intramolecular Hbond substituents is 1. The van der Waals surface area contributed by atoms with E-state index in [-0.39, 0.29) is 11.5 Å². The van der Waals surface area contributed by atoms with Gasteiger partial charge in [-0.25, -0.2) is 0 Å². The Labute approximate surface area is 117 Å². The van der Waals surface area contributed by atoms with Gasteiger partial charge in [-0.05, 0) is 35.9 Å². The third-order valence-electron chi connectivity index (χ3n) is 2.86. The Balaban J connectivity index is 1.93. The number of aromatic hydroxyl groups is 1. The molecule has 1 N–H and O–H groups in total. The number of benzene rings is 1. The Morgan fingerprint density at radius 1 is 1.40 bits per heavy atom. The molecule has 2 aromatic rings. The lowest BCUT2D eigenvalue weighted by atomic mass is 10.1. The number of allylic oxidation sites excluding steroid dienone is 1. The fraction of sp³-hybridized carbons (Fsp3) is 0.188. The van der Waals surface area contributed by atoms with E-state index >= 15 is 0 Å². The summed E-state index contributed by atoms with van der Waals surface area (Å²) >= 11 is 0. The maximum Gasteiger partial charge on any atom is 0.161 e. The summed E-state index contributed by atoms with van der Waals surface area (Å²) in [6.07, 6.45) is 5.81. The summed E-state index contributed by atoms with van der Waals surface area (Å²) in [5.74, 6) is 1.29. The quantitative estimate of drug-likeness (QED) is 0.820. The van der Waals surface area contributed by atoms with E-state index in [1.165, 1.54) is 19.3 Å². The molecule has 0 fully saturated rings. The van der Waals surface area contributed by atoms with Crippen molar-refractivity contribution in [2.24, 2.45) is 0 Å². The lowest BCUT2D eigenvalue weighted by Crippen LogP contribution is -1.95. The molecule has 0 bridgehead atoms. The monoisotopic (exact) mass is 272 g/mol. The second-order valence-corrected chi connectivity index (χ2v) is 4.31. The number of ether oxygens (including phenoxy) is 1. The zero-order valence-corrected chi connectivity index (χ0v) is 11.2. The largest absolute Gasteiger partial charge is 0.504 e. The highest BCUT2D eigenvalue weighted by Crippen LogP contribution is 2.26. The fourth-order valence-corrected chi connectivity index (χ4v) is 1.77. The van der Waals surface area contributed by atoms with Crippen molar-refractivity contribution >= 4 is 11.9 Å². The Morgan fingerprint density at radius 2 is 2.25 bits per heavy atom. The topological polar surface area (TPSA) is 59.7 Å². The van der Waals surface area contributed by atoms with Gasteiger partial charge >= 0.3 is 0 Å². The molecule has 0 saturated heterocycles. The van der Waals surface area contributed by atoms with Crippen molar-refractivity contribution in [3.05, 3.63) is 54.0 Å². The molecule has 0 radical (unpaired) electrons. The minimum atomic E-state index is 0.0217. The van der Waals surface area contributed by atoms with Crippen LogP contribution in [0, 0.1) is 0 Å². The number of ketones is 1. The number of furan rings is 1. The Kier molecular flexibility index (Phi) is 4.60. The first-order chi connectivity index (χ1) is 9.69. The molecule has 0 aliphatic heterocycles. The van der Waals surface area contributed by atoms with Crippen molar-refractivity contribution in [1.82, 2.24) is 0 Å². The van der Waals surface area contributed by atoms with E-state index in [4.69, 9.17) is 9.15 Å². The van der Waals surface area contributed by atoms with Gasteiger partial charge in [0.05, 0.1) is 13.4 Å². The van der Waals surface area contributed by atoms with Crippen LogP contribution in [0.25, 0.3) is 6.08 Å². The van der Waals surface area contributed by atoms with Crippen molar-refractivity contribution in [3.63, 3.8) is 0 Å². The molecule has 0 atom stereocenters. The SMILES string of the molecule is COc1cc(C=CC(=O)CCc2ccco2)ccc1O. The summed E-state index contributed by atoms with van der Waals surface area (Å²) in [4.78, 5) is 11.7. The third-order valence-corrected chi connectivity index (χ3v) is 2.86. The van der Waals surface area contributed by atoms with Gasteiger partial charge in [0.25, 0.3) is 0 Å². The summed E-state index contributed by atoms with van der Waals surface area (Å²) in [5.41, 5.74) is 0.797. The number of rotatable bonds is 6. The van der Waals surface area contributed by atoms with Crippen LogP contribution >= 0.6 is 0 Å². The van der Waals surface area contributed by atoms with Gasteiger partial charge in [-0.15, -0.1) is 0 Å². The van der Waals surface area contributed by atoms with E-state index in [9.17, 15) is 9.90 Å².